The Bertz CT molecular complexity index is 1090. The number of hydrogen-bond acceptors (Lipinski definition) is 5. The molecule has 2 N–H and O–H groups in total. The first-order valence-electron chi connectivity index (χ1n) is 12.4. The van der Waals surface area contributed by atoms with Crippen LogP contribution >= 0.6 is 0 Å². The van der Waals surface area contributed by atoms with E-state index in [-0.39, 0.29) is 23.3 Å². The number of benzene rings is 1. The van der Waals surface area contributed by atoms with Gasteiger partial charge in [0.05, 0.1) is 17.3 Å². The van der Waals surface area contributed by atoms with Crippen LogP contribution in [-0.4, -0.2) is 59.9 Å². The Kier molecular flexibility index (Phi) is 7.74. The van der Waals surface area contributed by atoms with Gasteiger partial charge in [0.15, 0.2) is 0 Å². The van der Waals surface area contributed by atoms with E-state index in [0.717, 1.165) is 17.8 Å². The highest BCUT2D eigenvalue weighted by atomic mass is 32.2. The van der Waals surface area contributed by atoms with E-state index in [2.05, 4.69) is 33.5 Å². The van der Waals surface area contributed by atoms with Gasteiger partial charge in [-0.05, 0) is 58.2 Å². The Hall–Kier alpha value is -2.23. The number of amides is 1. The second-order valence-corrected chi connectivity index (χ2v) is 11.7. The summed E-state index contributed by atoms with van der Waals surface area (Å²) in [5, 5.41) is 9.91. The lowest BCUT2D eigenvalue weighted by Crippen LogP contribution is -2.44. The number of H-pyrrole nitrogens is 1. The summed E-state index contributed by atoms with van der Waals surface area (Å²) in [6.07, 6.45) is 7.67. The maximum absolute atomic E-state index is 13.3. The Morgan fingerprint density at radius 3 is 2.59 bits per heavy atom. The molecule has 0 spiro atoms. The van der Waals surface area contributed by atoms with Crippen LogP contribution in [0.25, 0.3) is 0 Å². The minimum atomic E-state index is -3.70. The number of carbonyl (C=O) groups is 1. The normalized spacial score (nSPS) is 20.5. The monoisotopic (exact) mass is 487 g/mol. The first-order valence-corrected chi connectivity index (χ1v) is 13.8. The second-order valence-electron chi connectivity index (χ2n) is 9.82. The summed E-state index contributed by atoms with van der Waals surface area (Å²) in [6.45, 7) is 4.78. The molecule has 1 amide bonds. The minimum absolute atomic E-state index is 0.117. The molecule has 2 aliphatic rings. The molecule has 1 saturated heterocycles. The predicted molar refractivity (Wildman–Crippen MR) is 133 cm³/mol. The second kappa shape index (κ2) is 10.6. The van der Waals surface area contributed by atoms with Gasteiger partial charge in [0.1, 0.15) is 4.90 Å². The van der Waals surface area contributed by atoms with Crippen molar-refractivity contribution in [2.24, 2.45) is 5.92 Å². The number of hydrogen-bond donors (Lipinski definition) is 2. The van der Waals surface area contributed by atoms with E-state index in [9.17, 15) is 13.2 Å². The average molecular weight is 488 g/mol. The van der Waals surface area contributed by atoms with Gasteiger partial charge in [-0.15, -0.1) is 0 Å². The number of nitrogens with zero attached hydrogens (tertiary/aromatic N) is 3. The molecule has 1 atom stereocenters. The molecular formula is C25H37N5O3S. The van der Waals surface area contributed by atoms with Crippen molar-refractivity contribution in [1.29, 1.82) is 0 Å². The van der Waals surface area contributed by atoms with Gasteiger partial charge < -0.3 is 5.32 Å². The largest absolute Gasteiger partial charge is 0.326 e. The van der Waals surface area contributed by atoms with Crippen LogP contribution in [0, 0.1) is 19.8 Å². The lowest BCUT2D eigenvalue weighted by molar-refractivity contribution is -0.120. The highest BCUT2D eigenvalue weighted by molar-refractivity contribution is 7.89. The molecule has 1 aliphatic carbocycles. The molecule has 4 rings (SSSR count). The molecule has 0 radical (unpaired) electrons. The summed E-state index contributed by atoms with van der Waals surface area (Å²) in [7, 11) is -1.54. The van der Waals surface area contributed by atoms with Crippen molar-refractivity contribution in [3.8, 4) is 0 Å². The molecular weight excluding hydrogens is 450 g/mol. The Balaban J connectivity index is 1.44. The van der Waals surface area contributed by atoms with Crippen molar-refractivity contribution < 1.29 is 13.2 Å². The van der Waals surface area contributed by atoms with Crippen LogP contribution in [0.5, 0.6) is 0 Å². The summed E-state index contributed by atoms with van der Waals surface area (Å²) >= 11 is 0. The summed E-state index contributed by atoms with van der Waals surface area (Å²) in [5.41, 5.74) is 2.89. The Labute approximate surface area is 203 Å². The van der Waals surface area contributed by atoms with E-state index in [1.165, 1.54) is 36.4 Å². The van der Waals surface area contributed by atoms with E-state index in [1.54, 1.807) is 13.8 Å². The number of nitrogens with one attached hydrogen (secondary N) is 2. The molecule has 2 fully saturated rings. The number of para-hydroxylation sites is 1. The van der Waals surface area contributed by atoms with Crippen LogP contribution in [-0.2, 0) is 21.4 Å². The van der Waals surface area contributed by atoms with E-state index in [4.69, 9.17) is 0 Å². The van der Waals surface area contributed by atoms with Crippen LogP contribution in [0.2, 0.25) is 0 Å². The van der Waals surface area contributed by atoms with Crippen LogP contribution in [0.4, 0.5) is 5.69 Å². The number of aromatic nitrogens is 2. The van der Waals surface area contributed by atoms with Gasteiger partial charge in [-0.3, -0.25) is 14.8 Å². The first-order chi connectivity index (χ1) is 16.3. The van der Waals surface area contributed by atoms with E-state index in [0.29, 0.717) is 36.8 Å². The standard InChI is InChI=1S/C25H37N5O3S/c1-18-24(19(2)28-27-18)34(32,33)30-15-9-11-21(17-30)25(31)26-23-14-8-7-10-20(23)16-29(3)22-12-5-4-6-13-22/h7-8,10,14,21-22H,4-6,9,11-13,15-17H2,1-3H3,(H,26,31)(H,27,28)/t21-/m0/s1. The maximum Gasteiger partial charge on any atom is 0.246 e. The summed E-state index contributed by atoms with van der Waals surface area (Å²) in [4.78, 5) is 15.9. The Morgan fingerprint density at radius 2 is 1.88 bits per heavy atom. The fourth-order valence-electron chi connectivity index (χ4n) is 5.36. The van der Waals surface area contributed by atoms with E-state index >= 15 is 0 Å². The quantitative estimate of drug-likeness (QED) is 0.619. The predicted octanol–water partition coefficient (Wildman–Crippen LogP) is 3.83. The van der Waals surface area contributed by atoms with Crippen molar-refractivity contribution in [2.45, 2.75) is 76.3 Å². The number of rotatable bonds is 7. The molecule has 2 aromatic rings. The highest BCUT2D eigenvalue weighted by Crippen LogP contribution is 2.29. The summed E-state index contributed by atoms with van der Waals surface area (Å²) in [6, 6.07) is 8.53. The van der Waals surface area contributed by atoms with Crippen molar-refractivity contribution in [2.75, 3.05) is 25.5 Å². The molecule has 1 saturated carbocycles. The molecule has 2 heterocycles. The van der Waals surface area contributed by atoms with Crippen molar-refractivity contribution >= 4 is 21.6 Å². The van der Waals surface area contributed by atoms with Gasteiger partial charge >= 0.3 is 0 Å². The number of anilines is 1. The van der Waals surface area contributed by atoms with Gasteiger partial charge in [-0.1, -0.05) is 37.5 Å². The Morgan fingerprint density at radius 1 is 1.15 bits per heavy atom. The molecule has 9 heteroatoms. The zero-order valence-corrected chi connectivity index (χ0v) is 21.3. The summed E-state index contributed by atoms with van der Waals surface area (Å²) < 4.78 is 28.0. The molecule has 1 aromatic carbocycles. The number of carbonyl (C=O) groups excluding carboxylic acids is 1. The number of sulfonamides is 1. The first kappa shape index (κ1) is 24.9. The lowest BCUT2D eigenvalue weighted by Gasteiger charge is -2.32. The van der Waals surface area contributed by atoms with Crippen molar-refractivity contribution in [1.82, 2.24) is 19.4 Å². The molecule has 0 unspecified atom stereocenters. The number of piperidine rings is 1. The van der Waals surface area contributed by atoms with Gasteiger partial charge in [0, 0.05) is 31.4 Å². The van der Waals surface area contributed by atoms with Crippen LogP contribution in [0.1, 0.15) is 61.9 Å². The lowest BCUT2D eigenvalue weighted by atomic mass is 9.94. The SMILES string of the molecule is Cc1n[nH]c(C)c1S(=O)(=O)N1CCC[C@H](C(=O)Nc2ccccc2CN(C)C2CCCCC2)C1. The maximum atomic E-state index is 13.3. The van der Waals surface area contributed by atoms with Crippen LogP contribution in [0.15, 0.2) is 29.2 Å². The van der Waals surface area contributed by atoms with E-state index < -0.39 is 10.0 Å². The molecule has 34 heavy (non-hydrogen) atoms. The van der Waals surface area contributed by atoms with Crippen LogP contribution < -0.4 is 5.32 Å². The highest BCUT2D eigenvalue weighted by Gasteiger charge is 2.36. The van der Waals surface area contributed by atoms with Crippen molar-refractivity contribution in [3.63, 3.8) is 0 Å². The zero-order valence-electron chi connectivity index (χ0n) is 20.5. The van der Waals surface area contributed by atoms with Gasteiger partial charge in [-0.2, -0.15) is 9.40 Å². The molecule has 0 bridgehead atoms. The molecule has 8 nitrogen and oxygen atoms in total. The fourth-order valence-corrected chi connectivity index (χ4v) is 7.21. The van der Waals surface area contributed by atoms with Gasteiger partial charge in [0.2, 0.25) is 15.9 Å². The summed E-state index contributed by atoms with van der Waals surface area (Å²) in [5.74, 6) is -0.506. The molecule has 186 valence electrons. The van der Waals surface area contributed by atoms with Crippen molar-refractivity contribution in [3.05, 3.63) is 41.2 Å². The minimum Gasteiger partial charge on any atom is -0.326 e. The van der Waals surface area contributed by atoms with Gasteiger partial charge in [0.25, 0.3) is 0 Å². The molecule has 1 aromatic heterocycles. The third kappa shape index (κ3) is 5.37. The van der Waals surface area contributed by atoms with Gasteiger partial charge in [-0.25, -0.2) is 8.42 Å². The third-order valence-corrected chi connectivity index (χ3v) is 9.44. The fraction of sp³-hybridized carbons (Fsp3) is 0.600. The average Bonchev–Trinajstić information content (AvgIpc) is 3.19. The topological polar surface area (TPSA) is 98.4 Å². The smallest absolute Gasteiger partial charge is 0.246 e. The molecule has 1 aliphatic heterocycles. The number of aryl methyl sites for hydroxylation is 2. The number of aromatic amines is 1. The van der Waals surface area contributed by atoms with Crippen LogP contribution in [0.3, 0.4) is 0 Å². The van der Waals surface area contributed by atoms with E-state index in [1.807, 2.05) is 18.2 Å². The zero-order chi connectivity index (χ0) is 24.3. The third-order valence-electron chi connectivity index (χ3n) is 7.31.